The van der Waals surface area contributed by atoms with Gasteiger partial charge in [0.2, 0.25) is 0 Å². The highest BCUT2D eigenvalue weighted by atomic mass is 35.5. The van der Waals surface area contributed by atoms with Gasteiger partial charge in [-0.3, -0.25) is 4.79 Å². The average molecular weight is 402 g/mol. The molecule has 0 aliphatic carbocycles. The molecule has 7 heteroatoms. The number of halogens is 1. The van der Waals surface area contributed by atoms with E-state index in [4.69, 9.17) is 16.3 Å². The van der Waals surface area contributed by atoms with E-state index in [1.54, 1.807) is 42.5 Å². The van der Waals surface area contributed by atoms with Gasteiger partial charge in [-0.05, 0) is 48.4 Å². The fourth-order valence-corrected chi connectivity index (χ4v) is 2.54. The Morgan fingerprint density at radius 1 is 1.14 bits per heavy atom. The zero-order valence-corrected chi connectivity index (χ0v) is 16.2. The first-order valence-corrected chi connectivity index (χ1v) is 8.85. The average Bonchev–Trinajstić information content (AvgIpc) is 2.70. The summed E-state index contributed by atoms with van der Waals surface area (Å²) in [7, 11) is 1.30. The van der Waals surface area contributed by atoms with E-state index in [0.29, 0.717) is 16.1 Å². The molecule has 0 heterocycles. The maximum absolute atomic E-state index is 11.9. The fraction of sp³-hybridized carbons (Fsp3) is 0.190. The van der Waals surface area contributed by atoms with Gasteiger partial charge in [0.05, 0.1) is 18.7 Å². The molecule has 0 saturated carbocycles. The molecule has 2 aromatic carbocycles. The highest BCUT2D eigenvalue weighted by Crippen LogP contribution is 2.17. The predicted molar refractivity (Wildman–Crippen MR) is 106 cm³/mol. The van der Waals surface area contributed by atoms with Gasteiger partial charge in [-0.15, -0.1) is 0 Å². The van der Waals surface area contributed by atoms with Crippen molar-refractivity contribution in [2.75, 3.05) is 13.7 Å². The van der Waals surface area contributed by atoms with Crippen molar-refractivity contribution >= 4 is 35.5 Å². The molecule has 0 spiro atoms. The Morgan fingerprint density at radius 3 is 2.50 bits per heavy atom. The van der Waals surface area contributed by atoms with Crippen molar-refractivity contribution in [2.24, 2.45) is 0 Å². The quantitative estimate of drug-likeness (QED) is 0.566. The number of carbonyl (C=O) groups excluding carboxylic acids is 3. The Labute approximate surface area is 168 Å². The first kappa shape index (κ1) is 21.2. The van der Waals surface area contributed by atoms with Crippen LogP contribution in [0.4, 0.5) is 0 Å². The van der Waals surface area contributed by atoms with E-state index < -0.39 is 24.5 Å². The van der Waals surface area contributed by atoms with Crippen molar-refractivity contribution < 1.29 is 23.9 Å². The number of methoxy groups -OCH3 is 1. The van der Waals surface area contributed by atoms with Crippen molar-refractivity contribution in [2.45, 2.75) is 13.0 Å². The Morgan fingerprint density at radius 2 is 1.86 bits per heavy atom. The highest BCUT2D eigenvalue weighted by molar-refractivity contribution is 6.30. The van der Waals surface area contributed by atoms with Crippen LogP contribution < -0.4 is 5.32 Å². The first-order chi connectivity index (χ1) is 13.4. The summed E-state index contributed by atoms with van der Waals surface area (Å²) in [5, 5.41) is 3.31. The summed E-state index contributed by atoms with van der Waals surface area (Å²) in [6.07, 6.45) is 2.73. The van der Waals surface area contributed by atoms with Crippen LogP contribution in [-0.4, -0.2) is 31.6 Å². The molecular weight excluding hydrogens is 382 g/mol. The van der Waals surface area contributed by atoms with Gasteiger partial charge in [0.25, 0.3) is 5.91 Å². The molecule has 1 N–H and O–H groups in total. The molecule has 0 bridgehead atoms. The van der Waals surface area contributed by atoms with Gasteiger partial charge in [0.15, 0.2) is 6.61 Å². The topological polar surface area (TPSA) is 81.7 Å². The second-order valence-electron chi connectivity index (χ2n) is 5.90. The molecule has 6 nitrogen and oxygen atoms in total. The molecule has 28 heavy (non-hydrogen) atoms. The summed E-state index contributed by atoms with van der Waals surface area (Å²) in [5.41, 5.74) is 1.96. The number of hydrogen-bond donors (Lipinski definition) is 1. The van der Waals surface area contributed by atoms with Gasteiger partial charge < -0.3 is 14.8 Å². The second kappa shape index (κ2) is 10.3. The van der Waals surface area contributed by atoms with Gasteiger partial charge in [-0.1, -0.05) is 35.9 Å². The lowest BCUT2D eigenvalue weighted by molar-refractivity contribution is -0.144. The van der Waals surface area contributed by atoms with Crippen LogP contribution in [0.5, 0.6) is 0 Å². The zero-order chi connectivity index (χ0) is 20.5. The van der Waals surface area contributed by atoms with Crippen LogP contribution in [0, 0.1) is 0 Å². The number of nitrogens with one attached hydrogen (secondary N) is 1. The summed E-state index contributed by atoms with van der Waals surface area (Å²) in [5.74, 6) is -1.51. The molecule has 1 atom stereocenters. The van der Waals surface area contributed by atoms with E-state index in [0.717, 1.165) is 5.56 Å². The third-order valence-corrected chi connectivity index (χ3v) is 4.05. The van der Waals surface area contributed by atoms with Crippen molar-refractivity contribution in [1.29, 1.82) is 0 Å². The molecule has 0 fully saturated rings. The van der Waals surface area contributed by atoms with E-state index in [2.05, 4.69) is 10.1 Å². The van der Waals surface area contributed by atoms with Crippen LogP contribution >= 0.6 is 11.6 Å². The van der Waals surface area contributed by atoms with E-state index in [1.807, 2.05) is 13.0 Å². The minimum Gasteiger partial charge on any atom is -0.465 e. The SMILES string of the molecule is COC(=O)c1ccc(/C=C/C(=O)OCC(=O)N[C@@H](C)c2cccc(Cl)c2)cc1. The van der Waals surface area contributed by atoms with Gasteiger partial charge in [0, 0.05) is 11.1 Å². The van der Waals surface area contributed by atoms with E-state index in [1.165, 1.54) is 19.3 Å². The molecule has 0 unspecified atom stereocenters. The van der Waals surface area contributed by atoms with E-state index >= 15 is 0 Å². The number of benzene rings is 2. The minimum absolute atomic E-state index is 0.270. The number of esters is 2. The molecule has 1 amide bonds. The lowest BCUT2D eigenvalue weighted by atomic mass is 10.1. The molecule has 2 rings (SSSR count). The fourth-order valence-electron chi connectivity index (χ4n) is 2.34. The molecule has 146 valence electrons. The molecule has 0 saturated heterocycles. The zero-order valence-electron chi connectivity index (χ0n) is 15.5. The standard InChI is InChI=1S/C21H20ClNO5/c1-14(17-4-3-5-18(22)12-17)23-19(24)13-28-20(25)11-8-15-6-9-16(10-7-15)21(26)27-2/h3-12,14H,13H2,1-2H3,(H,23,24)/b11-8+/t14-/m0/s1. The summed E-state index contributed by atoms with van der Waals surface area (Å²) < 4.78 is 9.54. The van der Waals surface area contributed by atoms with Crippen molar-refractivity contribution in [1.82, 2.24) is 5.32 Å². The number of hydrogen-bond acceptors (Lipinski definition) is 5. The molecule has 0 aliphatic rings. The number of rotatable bonds is 7. The third-order valence-electron chi connectivity index (χ3n) is 3.82. The normalized spacial score (nSPS) is 11.7. The molecule has 0 aliphatic heterocycles. The van der Waals surface area contributed by atoms with Gasteiger partial charge in [0.1, 0.15) is 0 Å². The summed E-state index contributed by atoms with van der Waals surface area (Å²) in [6, 6.07) is 13.4. The van der Waals surface area contributed by atoms with Crippen LogP contribution in [0.15, 0.2) is 54.6 Å². The first-order valence-electron chi connectivity index (χ1n) is 8.47. The summed E-state index contributed by atoms with van der Waals surface area (Å²) >= 11 is 5.93. The number of ether oxygens (including phenoxy) is 2. The number of carbonyl (C=O) groups is 3. The lowest BCUT2D eigenvalue weighted by Gasteiger charge is -2.14. The Balaban J connectivity index is 1.80. The van der Waals surface area contributed by atoms with Gasteiger partial charge >= 0.3 is 11.9 Å². The smallest absolute Gasteiger partial charge is 0.337 e. The van der Waals surface area contributed by atoms with Crippen LogP contribution in [0.1, 0.15) is 34.5 Å². The van der Waals surface area contributed by atoms with Crippen LogP contribution in [-0.2, 0) is 19.1 Å². The van der Waals surface area contributed by atoms with Gasteiger partial charge in [-0.2, -0.15) is 0 Å². The van der Waals surface area contributed by atoms with E-state index in [-0.39, 0.29) is 6.04 Å². The molecule has 2 aromatic rings. The third kappa shape index (κ3) is 6.55. The Kier molecular flexibility index (Phi) is 7.77. The lowest BCUT2D eigenvalue weighted by Crippen LogP contribution is -2.30. The maximum Gasteiger partial charge on any atom is 0.337 e. The molecule has 0 aromatic heterocycles. The summed E-state index contributed by atoms with van der Waals surface area (Å²) in [4.78, 5) is 35.1. The summed E-state index contributed by atoms with van der Waals surface area (Å²) in [6.45, 7) is 1.42. The van der Waals surface area contributed by atoms with E-state index in [9.17, 15) is 14.4 Å². The minimum atomic E-state index is -0.650. The van der Waals surface area contributed by atoms with Crippen molar-refractivity contribution in [3.8, 4) is 0 Å². The largest absolute Gasteiger partial charge is 0.465 e. The Hall–Kier alpha value is -3.12. The second-order valence-corrected chi connectivity index (χ2v) is 6.34. The van der Waals surface area contributed by atoms with Crippen molar-refractivity contribution in [3.63, 3.8) is 0 Å². The van der Waals surface area contributed by atoms with Crippen molar-refractivity contribution in [3.05, 3.63) is 76.3 Å². The Bertz CT molecular complexity index is 877. The van der Waals surface area contributed by atoms with Crippen LogP contribution in [0.25, 0.3) is 6.08 Å². The maximum atomic E-state index is 11.9. The molecular formula is C21H20ClNO5. The number of amides is 1. The molecule has 0 radical (unpaired) electrons. The highest BCUT2D eigenvalue weighted by Gasteiger charge is 2.11. The predicted octanol–water partition coefficient (Wildman–Crippen LogP) is 3.56. The van der Waals surface area contributed by atoms with Gasteiger partial charge in [-0.25, -0.2) is 9.59 Å². The van der Waals surface area contributed by atoms with Crippen LogP contribution in [0.2, 0.25) is 5.02 Å². The monoisotopic (exact) mass is 401 g/mol. The van der Waals surface area contributed by atoms with Crippen LogP contribution in [0.3, 0.4) is 0 Å².